The van der Waals surface area contributed by atoms with E-state index in [-0.39, 0.29) is 18.4 Å². The number of ether oxygens (including phenoxy) is 1. The van der Waals surface area contributed by atoms with Crippen LogP contribution in [0.5, 0.6) is 5.75 Å². The number of halogens is 1. The first-order valence-electron chi connectivity index (χ1n) is 9.09. The highest BCUT2D eigenvalue weighted by Gasteiger charge is 2.15. The van der Waals surface area contributed by atoms with Crippen molar-refractivity contribution in [3.05, 3.63) is 87.9 Å². The van der Waals surface area contributed by atoms with Crippen molar-refractivity contribution >= 4 is 39.1 Å². The van der Waals surface area contributed by atoms with Gasteiger partial charge >= 0.3 is 0 Å². The van der Waals surface area contributed by atoms with E-state index in [1.165, 1.54) is 0 Å². The van der Waals surface area contributed by atoms with Crippen molar-refractivity contribution in [2.75, 3.05) is 17.2 Å². The predicted molar refractivity (Wildman–Crippen MR) is 119 cm³/mol. The molecule has 0 unspecified atom stereocenters. The molecule has 0 saturated heterocycles. The maximum absolute atomic E-state index is 12.8. The normalized spacial score (nSPS) is 10.3. The van der Waals surface area contributed by atoms with Crippen molar-refractivity contribution in [3.63, 3.8) is 0 Å². The fraction of sp³-hybridized carbons (Fsp3) is 0.130. The smallest absolute Gasteiger partial charge is 0.262 e. The first-order chi connectivity index (χ1) is 13.9. The predicted octanol–water partition coefficient (Wildman–Crippen LogP) is 5.34. The van der Waals surface area contributed by atoms with Crippen LogP contribution in [-0.4, -0.2) is 18.4 Å². The third kappa shape index (κ3) is 5.45. The molecule has 29 heavy (non-hydrogen) atoms. The SMILES string of the molecule is Cc1cccc(NC(=O)c2ccccc2NC(=O)COc2ccc(Br)cc2)c1C. The zero-order valence-electron chi connectivity index (χ0n) is 16.2. The molecule has 3 aromatic carbocycles. The lowest BCUT2D eigenvalue weighted by Gasteiger charge is -2.14. The fourth-order valence-corrected chi connectivity index (χ4v) is 3.00. The monoisotopic (exact) mass is 452 g/mol. The first kappa shape index (κ1) is 20.6. The topological polar surface area (TPSA) is 67.4 Å². The van der Waals surface area contributed by atoms with Gasteiger partial charge in [-0.3, -0.25) is 9.59 Å². The highest BCUT2D eigenvalue weighted by Crippen LogP contribution is 2.22. The summed E-state index contributed by atoms with van der Waals surface area (Å²) in [5.74, 6) is -0.0485. The van der Waals surface area contributed by atoms with Gasteiger partial charge in [0.05, 0.1) is 11.3 Å². The molecule has 0 saturated carbocycles. The van der Waals surface area contributed by atoms with Crippen LogP contribution in [0.25, 0.3) is 0 Å². The van der Waals surface area contributed by atoms with Gasteiger partial charge in [0.2, 0.25) is 0 Å². The Morgan fingerprint density at radius 1 is 0.862 bits per heavy atom. The molecular weight excluding hydrogens is 432 g/mol. The molecule has 0 aliphatic heterocycles. The number of anilines is 2. The lowest BCUT2D eigenvalue weighted by molar-refractivity contribution is -0.118. The maximum Gasteiger partial charge on any atom is 0.262 e. The van der Waals surface area contributed by atoms with E-state index in [2.05, 4.69) is 26.6 Å². The standard InChI is InChI=1S/C23H21BrN2O3/c1-15-6-5-9-20(16(15)2)26-23(28)19-7-3-4-8-21(19)25-22(27)14-29-18-12-10-17(24)11-13-18/h3-13H,14H2,1-2H3,(H,25,27)(H,26,28). The molecule has 2 N–H and O–H groups in total. The van der Waals surface area contributed by atoms with E-state index in [0.29, 0.717) is 17.0 Å². The molecule has 3 rings (SSSR count). The van der Waals surface area contributed by atoms with Gasteiger partial charge in [-0.25, -0.2) is 0 Å². The van der Waals surface area contributed by atoms with Gasteiger partial charge in [0.15, 0.2) is 6.61 Å². The Bertz CT molecular complexity index is 1030. The van der Waals surface area contributed by atoms with Crippen molar-refractivity contribution in [1.29, 1.82) is 0 Å². The fourth-order valence-electron chi connectivity index (χ4n) is 2.73. The van der Waals surface area contributed by atoms with E-state index < -0.39 is 0 Å². The van der Waals surface area contributed by atoms with Gasteiger partial charge in [-0.05, 0) is 67.4 Å². The summed E-state index contributed by atoms with van der Waals surface area (Å²) >= 11 is 3.35. The van der Waals surface area contributed by atoms with Crippen LogP contribution in [-0.2, 0) is 4.79 Å². The number of para-hydroxylation sites is 1. The van der Waals surface area contributed by atoms with E-state index in [0.717, 1.165) is 21.3 Å². The van der Waals surface area contributed by atoms with Crippen molar-refractivity contribution in [3.8, 4) is 5.75 Å². The van der Waals surface area contributed by atoms with Crippen molar-refractivity contribution in [1.82, 2.24) is 0 Å². The lowest BCUT2D eigenvalue weighted by Crippen LogP contribution is -2.23. The number of benzene rings is 3. The van der Waals surface area contributed by atoms with E-state index in [4.69, 9.17) is 4.74 Å². The van der Waals surface area contributed by atoms with E-state index in [1.54, 1.807) is 36.4 Å². The molecule has 2 amide bonds. The third-order valence-electron chi connectivity index (χ3n) is 4.48. The molecule has 0 spiro atoms. The number of nitrogens with one attached hydrogen (secondary N) is 2. The quantitative estimate of drug-likeness (QED) is 0.530. The zero-order chi connectivity index (χ0) is 20.8. The zero-order valence-corrected chi connectivity index (χ0v) is 17.7. The summed E-state index contributed by atoms with van der Waals surface area (Å²) in [7, 11) is 0. The Morgan fingerprint density at radius 2 is 1.55 bits per heavy atom. The van der Waals surface area contributed by atoms with E-state index >= 15 is 0 Å². The van der Waals surface area contributed by atoms with Crippen LogP contribution in [0, 0.1) is 13.8 Å². The van der Waals surface area contributed by atoms with Crippen LogP contribution in [0.1, 0.15) is 21.5 Å². The lowest BCUT2D eigenvalue weighted by atomic mass is 10.1. The average Bonchev–Trinajstić information content (AvgIpc) is 2.71. The third-order valence-corrected chi connectivity index (χ3v) is 5.01. The van der Waals surface area contributed by atoms with Gasteiger partial charge in [-0.1, -0.05) is 40.2 Å². The number of amides is 2. The van der Waals surface area contributed by atoms with Crippen LogP contribution >= 0.6 is 15.9 Å². The summed E-state index contributed by atoms with van der Waals surface area (Å²) in [6.07, 6.45) is 0. The van der Waals surface area contributed by atoms with Gasteiger partial charge in [-0.15, -0.1) is 0 Å². The van der Waals surface area contributed by atoms with Gasteiger partial charge in [-0.2, -0.15) is 0 Å². The summed E-state index contributed by atoms with van der Waals surface area (Å²) in [6, 6.07) is 19.8. The summed E-state index contributed by atoms with van der Waals surface area (Å²) in [6.45, 7) is 3.79. The van der Waals surface area contributed by atoms with Crippen LogP contribution < -0.4 is 15.4 Å². The van der Waals surface area contributed by atoms with Gasteiger partial charge in [0.25, 0.3) is 11.8 Å². The molecule has 0 aliphatic carbocycles. The number of aryl methyl sites for hydroxylation is 1. The Hall–Kier alpha value is -3.12. The maximum atomic E-state index is 12.8. The first-order valence-corrected chi connectivity index (χ1v) is 9.88. The van der Waals surface area contributed by atoms with Crippen LogP contribution in [0.15, 0.2) is 71.2 Å². The van der Waals surface area contributed by atoms with Gasteiger partial charge in [0, 0.05) is 10.2 Å². The summed E-state index contributed by atoms with van der Waals surface area (Å²) < 4.78 is 6.42. The Morgan fingerprint density at radius 3 is 2.31 bits per heavy atom. The molecule has 0 fully saturated rings. The molecule has 5 nitrogen and oxygen atoms in total. The molecule has 0 heterocycles. The molecule has 0 aromatic heterocycles. The van der Waals surface area contributed by atoms with Crippen molar-refractivity contribution in [2.24, 2.45) is 0 Å². The Balaban J connectivity index is 1.67. The molecule has 6 heteroatoms. The summed E-state index contributed by atoms with van der Waals surface area (Å²) in [5, 5.41) is 5.67. The highest BCUT2D eigenvalue weighted by molar-refractivity contribution is 9.10. The number of hydrogen-bond acceptors (Lipinski definition) is 3. The minimum Gasteiger partial charge on any atom is -0.484 e. The van der Waals surface area contributed by atoms with E-state index in [1.807, 2.05) is 44.2 Å². The van der Waals surface area contributed by atoms with Crippen molar-refractivity contribution in [2.45, 2.75) is 13.8 Å². The Labute approximate surface area is 178 Å². The molecule has 148 valence electrons. The number of hydrogen-bond donors (Lipinski definition) is 2. The second-order valence-corrected chi connectivity index (χ2v) is 7.45. The van der Waals surface area contributed by atoms with Gasteiger partial charge in [0.1, 0.15) is 5.75 Å². The molecule has 3 aromatic rings. The minimum absolute atomic E-state index is 0.158. The summed E-state index contributed by atoms with van der Waals surface area (Å²) in [4.78, 5) is 25.1. The van der Waals surface area contributed by atoms with Crippen LogP contribution in [0.2, 0.25) is 0 Å². The van der Waals surface area contributed by atoms with Crippen LogP contribution in [0.3, 0.4) is 0 Å². The second-order valence-electron chi connectivity index (χ2n) is 6.54. The molecule has 0 atom stereocenters. The van der Waals surface area contributed by atoms with Crippen LogP contribution in [0.4, 0.5) is 11.4 Å². The molecular formula is C23H21BrN2O3. The second kappa shape index (κ2) is 9.39. The molecule has 0 radical (unpaired) electrons. The molecule has 0 aliphatic rings. The average molecular weight is 453 g/mol. The number of carbonyl (C=O) groups excluding carboxylic acids is 2. The summed E-state index contributed by atoms with van der Waals surface area (Å²) in [5.41, 5.74) is 3.65. The Kier molecular flexibility index (Phi) is 6.67. The largest absolute Gasteiger partial charge is 0.484 e. The van der Waals surface area contributed by atoms with Crippen molar-refractivity contribution < 1.29 is 14.3 Å². The number of rotatable bonds is 6. The minimum atomic E-state index is -0.347. The molecule has 0 bridgehead atoms. The number of carbonyl (C=O) groups is 2. The van der Waals surface area contributed by atoms with E-state index in [9.17, 15) is 9.59 Å². The van der Waals surface area contributed by atoms with Gasteiger partial charge < -0.3 is 15.4 Å². The highest BCUT2D eigenvalue weighted by atomic mass is 79.9.